The molecule has 0 bridgehead atoms. The molecule has 0 saturated heterocycles. The number of amides is 5. The number of nitrogens with zero attached hydrogens (tertiary/aromatic N) is 1. The molecule has 0 radical (unpaired) electrons. The Hall–Kier alpha value is -5.56. The minimum absolute atomic E-state index is 0.0168. The Morgan fingerprint density at radius 3 is 1.96 bits per heavy atom. The van der Waals surface area contributed by atoms with Crippen LogP contribution in [0.4, 0.5) is 0 Å². The van der Waals surface area contributed by atoms with Crippen LogP contribution in [0.15, 0.2) is 78.9 Å². The molecule has 0 aliphatic carbocycles. The number of rotatable bonds is 19. The fourth-order valence-corrected chi connectivity index (χ4v) is 5.22. The van der Waals surface area contributed by atoms with E-state index in [4.69, 9.17) is 10.8 Å². The lowest BCUT2D eigenvalue weighted by Crippen LogP contribution is -2.53. The molecule has 0 spiro atoms. The third kappa shape index (κ3) is 16.9. The van der Waals surface area contributed by atoms with Crippen LogP contribution >= 0.6 is 0 Å². The van der Waals surface area contributed by atoms with Crippen LogP contribution in [0.25, 0.3) is 11.1 Å². The fourth-order valence-electron chi connectivity index (χ4n) is 5.22. The summed E-state index contributed by atoms with van der Waals surface area (Å²) >= 11 is 0. The number of benzene rings is 3. The van der Waals surface area contributed by atoms with Gasteiger partial charge in [0.25, 0.3) is 0 Å². The van der Waals surface area contributed by atoms with E-state index in [1.54, 1.807) is 0 Å². The quantitative estimate of drug-likeness (QED) is 0.109. The second-order valence-electron chi connectivity index (χ2n) is 12.3. The lowest BCUT2D eigenvalue weighted by atomic mass is 10.00. The van der Waals surface area contributed by atoms with Crippen molar-refractivity contribution in [1.82, 2.24) is 26.2 Å². The van der Waals surface area contributed by atoms with E-state index in [9.17, 15) is 28.8 Å². The first-order valence-corrected chi connectivity index (χ1v) is 17.3. The Morgan fingerprint density at radius 1 is 0.731 bits per heavy atom. The molecule has 3 aromatic rings. The maximum atomic E-state index is 12.5. The highest BCUT2D eigenvalue weighted by Crippen LogP contribution is 2.20. The van der Waals surface area contributed by atoms with Gasteiger partial charge in [0, 0.05) is 39.9 Å². The smallest absolute Gasteiger partial charge is 0.305 e. The predicted molar refractivity (Wildman–Crippen MR) is 200 cm³/mol. The summed E-state index contributed by atoms with van der Waals surface area (Å²) in [6.45, 7) is 9.99. The highest BCUT2D eigenvalue weighted by atomic mass is 16.4. The van der Waals surface area contributed by atoms with Crippen LogP contribution in [-0.2, 0) is 48.2 Å². The first-order chi connectivity index (χ1) is 24.8. The molecule has 13 heteroatoms. The number of hydrogen-bond acceptors (Lipinski definition) is 7. The van der Waals surface area contributed by atoms with Crippen molar-refractivity contribution in [2.45, 2.75) is 72.0 Å². The minimum Gasteiger partial charge on any atom is -0.481 e. The van der Waals surface area contributed by atoms with Crippen molar-refractivity contribution in [3.63, 3.8) is 0 Å². The second-order valence-corrected chi connectivity index (χ2v) is 12.3. The van der Waals surface area contributed by atoms with Gasteiger partial charge in [0.15, 0.2) is 0 Å². The molecule has 0 saturated carbocycles. The van der Waals surface area contributed by atoms with Crippen LogP contribution in [0, 0.1) is 0 Å². The predicted octanol–water partition coefficient (Wildman–Crippen LogP) is 2.56. The van der Waals surface area contributed by atoms with Crippen molar-refractivity contribution in [3.05, 3.63) is 95.6 Å². The summed E-state index contributed by atoms with van der Waals surface area (Å²) < 4.78 is 0. The molecule has 7 N–H and O–H groups in total. The number of carboxylic acid groups (broad SMARTS) is 1. The van der Waals surface area contributed by atoms with Gasteiger partial charge in [0.1, 0.15) is 12.1 Å². The van der Waals surface area contributed by atoms with Crippen LogP contribution < -0.4 is 27.0 Å². The van der Waals surface area contributed by atoms with Crippen molar-refractivity contribution >= 4 is 35.5 Å². The van der Waals surface area contributed by atoms with E-state index in [-0.39, 0.29) is 18.2 Å². The number of aryl methyl sites for hydroxylation is 1. The maximum Gasteiger partial charge on any atom is 0.305 e. The van der Waals surface area contributed by atoms with E-state index in [2.05, 4.69) is 52.1 Å². The van der Waals surface area contributed by atoms with Gasteiger partial charge in [-0.25, -0.2) is 0 Å². The molecule has 13 nitrogen and oxygen atoms in total. The first kappa shape index (κ1) is 42.6. The Balaban J connectivity index is 0.000000371. The van der Waals surface area contributed by atoms with Gasteiger partial charge in [-0.3, -0.25) is 33.7 Å². The number of carbonyl (C=O) groups excluding carboxylic acids is 5. The topological polar surface area (TPSA) is 200 Å². The van der Waals surface area contributed by atoms with Crippen molar-refractivity contribution < 1.29 is 33.9 Å². The molecule has 0 aliphatic rings. The number of nitrogens with one attached hydrogen (secondary N) is 4. The first-order valence-electron chi connectivity index (χ1n) is 17.3. The van der Waals surface area contributed by atoms with Crippen LogP contribution in [-0.4, -0.2) is 83.8 Å². The third-order valence-electron chi connectivity index (χ3n) is 7.83. The van der Waals surface area contributed by atoms with Crippen LogP contribution in [0.2, 0.25) is 0 Å². The largest absolute Gasteiger partial charge is 0.481 e. The molecule has 0 fully saturated rings. The Morgan fingerprint density at radius 2 is 1.38 bits per heavy atom. The molecule has 280 valence electrons. The average molecular weight is 717 g/mol. The highest BCUT2D eigenvalue weighted by Gasteiger charge is 2.27. The van der Waals surface area contributed by atoms with E-state index in [1.807, 2.05) is 66.7 Å². The molecule has 3 rings (SSSR count). The normalized spacial score (nSPS) is 11.6. The Bertz CT molecular complexity index is 1610. The van der Waals surface area contributed by atoms with E-state index in [0.717, 1.165) is 41.6 Å². The Labute approximate surface area is 305 Å². The standard InChI is InChI=1S/C21H23N3O5.C18H29N3O2/c1-13(25)23-18(21(29)24-17(20(22)28)12-19(26)27)11-14-7-9-16(10-8-14)15-5-3-2-4-6-15;1-4-10-21(11-9-19-15(3)22)14-18(23)20-13-17-8-6-7-16(5-2)12-17/h2-10,17-18H,11-12H2,1H3,(H2,22,28)(H,23,25)(H,24,29)(H,26,27);6-8,12H,4-5,9-11,13-14H2,1-3H3,(H,19,22)(H,20,23)/t17-,18-;/m0./s1. The lowest BCUT2D eigenvalue weighted by molar-refractivity contribution is -0.140. The van der Waals surface area contributed by atoms with Gasteiger partial charge in [-0.15, -0.1) is 0 Å². The molecule has 2 atom stereocenters. The molecule has 0 aromatic heterocycles. The van der Waals surface area contributed by atoms with Crippen LogP contribution in [0.1, 0.15) is 57.2 Å². The molecule has 0 unspecified atom stereocenters. The maximum absolute atomic E-state index is 12.5. The summed E-state index contributed by atoms with van der Waals surface area (Å²) in [5.74, 6) is -3.38. The molecule has 0 aliphatic heterocycles. The fraction of sp³-hybridized carbons (Fsp3) is 0.385. The van der Waals surface area contributed by atoms with Crippen molar-refractivity contribution in [2.24, 2.45) is 5.73 Å². The van der Waals surface area contributed by atoms with Crippen molar-refractivity contribution in [3.8, 4) is 11.1 Å². The summed E-state index contributed by atoms with van der Waals surface area (Å²) in [7, 11) is 0. The van der Waals surface area contributed by atoms with Gasteiger partial charge in [-0.2, -0.15) is 0 Å². The van der Waals surface area contributed by atoms with Crippen LogP contribution in [0.5, 0.6) is 0 Å². The highest BCUT2D eigenvalue weighted by molar-refractivity contribution is 5.93. The Kier molecular flexibility index (Phi) is 18.9. The zero-order chi connectivity index (χ0) is 38.5. The van der Waals surface area contributed by atoms with Crippen molar-refractivity contribution in [2.75, 3.05) is 26.2 Å². The van der Waals surface area contributed by atoms with Crippen molar-refractivity contribution in [1.29, 1.82) is 0 Å². The second kappa shape index (κ2) is 23.0. The van der Waals surface area contributed by atoms with E-state index < -0.39 is 42.2 Å². The number of primary amides is 1. The van der Waals surface area contributed by atoms with E-state index in [0.29, 0.717) is 26.2 Å². The number of carboxylic acids is 1. The number of nitrogens with two attached hydrogens (primary N) is 1. The molecule has 3 aromatic carbocycles. The number of hydrogen-bond donors (Lipinski definition) is 6. The molecule has 52 heavy (non-hydrogen) atoms. The van der Waals surface area contributed by atoms with Gasteiger partial charge in [-0.05, 0) is 47.2 Å². The summed E-state index contributed by atoms with van der Waals surface area (Å²) in [6.07, 6.45) is 1.50. The SMILES string of the molecule is CC(=O)N[C@@H](Cc1ccc(-c2ccccc2)cc1)C(=O)N[C@@H](CC(=O)O)C(N)=O.CCCN(CCNC(C)=O)CC(=O)NCc1cccc(CC)c1. The zero-order valence-corrected chi connectivity index (χ0v) is 30.4. The molecule has 5 amide bonds. The summed E-state index contributed by atoms with van der Waals surface area (Å²) in [5.41, 5.74) is 10.4. The van der Waals surface area contributed by atoms with E-state index >= 15 is 0 Å². The van der Waals surface area contributed by atoms with Gasteiger partial charge in [0.2, 0.25) is 29.5 Å². The number of aliphatic carboxylic acids is 1. The summed E-state index contributed by atoms with van der Waals surface area (Å²) in [6, 6.07) is 23.2. The van der Waals surface area contributed by atoms with Gasteiger partial charge in [-0.1, -0.05) is 92.7 Å². The van der Waals surface area contributed by atoms with Gasteiger partial charge in [0.05, 0.1) is 13.0 Å². The van der Waals surface area contributed by atoms with Gasteiger partial charge >= 0.3 is 5.97 Å². The van der Waals surface area contributed by atoms with E-state index in [1.165, 1.54) is 19.4 Å². The molecular formula is C39H52N6O7. The van der Waals surface area contributed by atoms with Gasteiger partial charge < -0.3 is 32.1 Å². The number of carbonyl (C=O) groups is 6. The summed E-state index contributed by atoms with van der Waals surface area (Å²) in [5, 5.41) is 19.4. The minimum atomic E-state index is -1.36. The van der Waals surface area contributed by atoms with Crippen LogP contribution in [0.3, 0.4) is 0 Å². The average Bonchev–Trinajstić information content (AvgIpc) is 3.10. The summed E-state index contributed by atoms with van der Waals surface area (Å²) in [4.78, 5) is 71.4. The molecular weight excluding hydrogens is 664 g/mol. The third-order valence-corrected chi connectivity index (χ3v) is 7.83. The monoisotopic (exact) mass is 716 g/mol. The zero-order valence-electron chi connectivity index (χ0n) is 30.4. The molecule has 0 heterocycles. The lowest BCUT2D eigenvalue weighted by Gasteiger charge is -2.21.